The molecule has 0 aliphatic carbocycles. The fourth-order valence-electron chi connectivity index (χ4n) is 2.62. The number of aromatic nitrogens is 6. The maximum Gasteiger partial charge on any atom is 0.263 e. The Balaban J connectivity index is 2.34. The molecule has 21 heavy (non-hydrogen) atoms. The van der Waals surface area contributed by atoms with Gasteiger partial charge >= 0.3 is 0 Å². The highest BCUT2D eigenvalue weighted by Gasteiger charge is 2.16. The first-order valence-electron chi connectivity index (χ1n) is 6.40. The van der Waals surface area contributed by atoms with Crippen molar-refractivity contribution in [3.8, 4) is 0 Å². The molecular formula is C13H12N6OS. The number of fused-ring (bicyclic) bond motifs is 5. The third-order valence-electron chi connectivity index (χ3n) is 3.49. The molecule has 4 aromatic heterocycles. The summed E-state index contributed by atoms with van der Waals surface area (Å²) in [4.78, 5) is 17.0. The highest BCUT2D eigenvalue weighted by molar-refractivity contribution is 7.97. The summed E-state index contributed by atoms with van der Waals surface area (Å²) in [6.07, 6.45) is 5.23. The fourth-order valence-corrected chi connectivity index (χ4v) is 3.12. The zero-order valence-corrected chi connectivity index (χ0v) is 12.3. The van der Waals surface area contributed by atoms with Crippen molar-refractivity contribution in [1.82, 2.24) is 29.4 Å². The van der Waals surface area contributed by atoms with E-state index in [2.05, 4.69) is 20.3 Å². The number of H-pyrrole nitrogens is 1. The molecule has 106 valence electrons. The number of hydrogen-bond acceptors (Lipinski definition) is 5. The topological polar surface area (TPSA) is 80.9 Å². The molecule has 0 fully saturated rings. The van der Waals surface area contributed by atoms with Gasteiger partial charge in [-0.2, -0.15) is 10.2 Å². The van der Waals surface area contributed by atoms with E-state index in [0.29, 0.717) is 16.9 Å². The number of aryl methyl sites for hydroxylation is 1. The predicted molar refractivity (Wildman–Crippen MR) is 82.7 cm³/mol. The molecule has 0 aliphatic rings. The minimum atomic E-state index is -0.0534. The van der Waals surface area contributed by atoms with Gasteiger partial charge in [-0.25, -0.2) is 9.50 Å². The number of pyridine rings is 1. The van der Waals surface area contributed by atoms with Crippen LogP contribution in [0.15, 0.2) is 23.3 Å². The third-order valence-corrected chi connectivity index (χ3v) is 4.00. The minimum absolute atomic E-state index is 0.0534. The first kappa shape index (κ1) is 12.4. The van der Waals surface area contributed by atoms with Crippen molar-refractivity contribution in [2.75, 3.05) is 6.26 Å². The molecular weight excluding hydrogens is 288 g/mol. The van der Waals surface area contributed by atoms with E-state index in [1.54, 1.807) is 28.7 Å². The molecule has 0 saturated carbocycles. The molecule has 8 heteroatoms. The van der Waals surface area contributed by atoms with Gasteiger partial charge in [-0.15, -0.1) is 11.8 Å². The summed E-state index contributed by atoms with van der Waals surface area (Å²) in [5, 5.41) is 12.7. The fraction of sp³-hybridized carbons (Fsp3) is 0.231. The van der Waals surface area contributed by atoms with Gasteiger partial charge < -0.3 is 0 Å². The molecule has 0 amide bonds. The maximum absolute atomic E-state index is 12.7. The second-order valence-corrected chi connectivity index (χ2v) is 5.69. The Hall–Kier alpha value is -2.35. The maximum atomic E-state index is 12.7. The van der Waals surface area contributed by atoms with Crippen LogP contribution in [0.25, 0.3) is 27.6 Å². The molecule has 0 spiro atoms. The summed E-state index contributed by atoms with van der Waals surface area (Å²) in [6.45, 7) is 1.92. The van der Waals surface area contributed by atoms with Gasteiger partial charge in [-0.1, -0.05) is 0 Å². The van der Waals surface area contributed by atoms with E-state index in [0.717, 1.165) is 22.2 Å². The lowest BCUT2D eigenvalue weighted by Crippen LogP contribution is -2.22. The molecule has 0 aliphatic heterocycles. The Bertz CT molecular complexity index is 1040. The zero-order chi connectivity index (χ0) is 14.6. The third kappa shape index (κ3) is 1.62. The summed E-state index contributed by atoms with van der Waals surface area (Å²) < 4.78 is 3.53. The van der Waals surface area contributed by atoms with Crippen molar-refractivity contribution >= 4 is 39.3 Å². The number of aromatic amines is 1. The average molecular weight is 300 g/mol. The SMILES string of the molecule is CSCn1c(=O)c2cnc3[nH]ncc3c2n2nc(C)cc12. The molecule has 4 aromatic rings. The van der Waals surface area contributed by atoms with Crippen LogP contribution in [0.2, 0.25) is 0 Å². The van der Waals surface area contributed by atoms with Crippen molar-refractivity contribution in [3.63, 3.8) is 0 Å². The van der Waals surface area contributed by atoms with Crippen LogP contribution in [0.1, 0.15) is 5.69 Å². The van der Waals surface area contributed by atoms with Crippen LogP contribution in [0.5, 0.6) is 0 Å². The van der Waals surface area contributed by atoms with E-state index in [-0.39, 0.29) is 5.56 Å². The number of rotatable bonds is 2. The van der Waals surface area contributed by atoms with Crippen LogP contribution in [0.4, 0.5) is 0 Å². The second kappa shape index (κ2) is 4.32. The molecule has 1 N–H and O–H groups in total. The monoisotopic (exact) mass is 300 g/mol. The van der Waals surface area contributed by atoms with Gasteiger partial charge in [0.05, 0.1) is 34.1 Å². The first-order valence-corrected chi connectivity index (χ1v) is 7.80. The molecule has 0 aromatic carbocycles. The Labute approximate surface area is 123 Å². The molecule has 7 nitrogen and oxygen atoms in total. The number of hydrogen-bond donors (Lipinski definition) is 1. The summed E-state index contributed by atoms with van der Waals surface area (Å²) in [6, 6.07) is 1.92. The van der Waals surface area contributed by atoms with E-state index in [9.17, 15) is 4.79 Å². The standard InChI is InChI=1S/C13H12N6OS/c1-7-3-10-18(6-21-2)13(20)9-4-14-12-8(5-15-16-12)11(9)19(10)17-7/h3-5H,6H2,1-2H3,(H,14,15,16). The Morgan fingerprint density at radius 2 is 2.19 bits per heavy atom. The molecule has 0 bridgehead atoms. The molecule has 4 heterocycles. The summed E-state index contributed by atoms with van der Waals surface area (Å²) in [7, 11) is 0. The lowest BCUT2D eigenvalue weighted by Gasteiger charge is -2.09. The van der Waals surface area contributed by atoms with E-state index in [1.165, 1.54) is 0 Å². The highest BCUT2D eigenvalue weighted by Crippen LogP contribution is 2.22. The van der Waals surface area contributed by atoms with E-state index >= 15 is 0 Å². The number of nitrogens with one attached hydrogen (secondary N) is 1. The lowest BCUT2D eigenvalue weighted by atomic mass is 10.2. The van der Waals surface area contributed by atoms with Crippen LogP contribution in [-0.2, 0) is 5.88 Å². The van der Waals surface area contributed by atoms with E-state index in [4.69, 9.17) is 0 Å². The quantitative estimate of drug-likeness (QED) is 0.607. The van der Waals surface area contributed by atoms with Crippen molar-refractivity contribution in [3.05, 3.63) is 34.5 Å². The van der Waals surface area contributed by atoms with E-state index < -0.39 is 0 Å². The van der Waals surface area contributed by atoms with Crippen molar-refractivity contribution < 1.29 is 0 Å². The van der Waals surface area contributed by atoms with Gasteiger partial charge in [-0.05, 0) is 13.2 Å². The first-order chi connectivity index (χ1) is 10.2. The van der Waals surface area contributed by atoms with Gasteiger partial charge in [0, 0.05) is 12.3 Å². The smallest absolute Gasteiger partial charge is 0.263 e. The molecule has 4 rings (SSSR count). The van der Waals surface area contributed by atoms with Gasteiger partial charge in [0.2, 0.25) is 0 Å². The van der Waals surface area contributed by atoms with E-state index in [1.807, 2.05) is 23.8 Å². The normalized spacial score (nSPS) is 11.9. The van der Waals surface area contributed by atoms with Crippen molar-refractivity contribution in [1.29, 1.82) is 0 Å². The Kier molecular flexibility index (Phi) is 2.55. The average Bonchev–Trinajstić information content (AvgIpc) is 3.08. The molecule has 0 saturated heterocycles. The predicted octanol–water partition coefficient (Wildman–Crippen LogP) is 1.55. The van der Waals surface area contributed by atoms with Crippen LogP contribution >= 0.6 is 11.8 Å². The largest absolute Gasteiger partial charge is 0.283 e. The van der Waals surface area contributed by atoms with Gasteiger partial charge in [0.1, 0.15) is 5.65 Å². The van der Waals surface area contributed by atoms with Crippen LogP contribution in [0, 0.1) is 6.92 Å². The van der Waals surface area contributed by atoms with Crippen molar-refractivity contribution in [2.24, 2.45) is 0 Å². The zero-order valence-electron chi connectivity index (χ0n) is 11.5. The summed E-state index contributed by atoms with van der Waals surface area (Å²) >= 11 is 1.59. The van der Waals surface area contributed by atoms with Crippen LogP contribution in [0.3, 0.4) is 0 Å². The Morgan fingerprint density at radius 3 is 3.00 bits per heavy atom. The Morgan fingerprint density at radius 1 is 1.33 bits per heavy atom. The number of nitrogens with zero attached hydrogens (tertiary/aromatic N) is 5. The summed E-state index contributed by atoms with van der Waals surface area (Å²) in [5.41, 5.74) is 3.00. The minimum Gasteiger partial charge on any atom is -0.283 e. The second-order valence-electron chi connectivity index (χ2n) is 4.86. The van der Waals surface area contributed by atoms with Gasteiger partial charge in [-0.3, -0.25) is 14.5 Å². The highest BCUT2D eigenvalue weighted by atomic mass is 32.2. The lowest BCUT2D eigenvalue weighted by molar-refractivity contribution is 0.833. The van der Waals surface area contributed by atoms with Crippen LogP contribution < -0.4 is 5.56 Å². The van der Waals surface area contributed by atoms with Crippen LogP contribution in [-0.4, -0.2) is 35.6 Å². The summed E-state index contributed by atoms with van der Waals surface area (Å²) in [5.74, 6) is 0.576. The van der Waals surface area contributed by atoms with Gasteiger partial charge in [0.15, 0.2) is 5.65 Å². The molecule has 0 radical (unpaired) electrons. The molecule has 0 unspecified atom stereocenters. The molecule has 0 atom stereocenters. The number of thioether (sulfide) groups is 1. The van der Waals surface area contributed by atoms with Crippen molar-refractivity contribution in [2.45, 2.75) is 12.8 Å². The van der Waals surface area contributed by atoms with Gasteiger partial charge in [0.25, 0.3) is 5.56 Å².